The molecule has 0 N–H and O–H groups in total. The molecule has 0 saturated carbocycles. The standard InChI is InChI=1S/C4H10ClGe/c1-3-6(5)4-2/h3-4H2,1-2H3. The maximum atomic E-state index is 5.82. The summed E-state index contributed by atoms with van der Waals surface area (Å²) in [5, 5.41) is 2.52. The van der Waals surface area contributed by atoms with Crippen LogP contribution in [0.2, 0.25) is 10.5 Å². The van der Waals surface area contributed by atoms with E-state index in [0.717, 1.165) is 0 Å². The zero-order valence-corrected chi connectivity index (χ0v) is 7.15. The van der Waals surface area contributed by atoms with Crippen LogP contribution in [0.3, 0.4) is 0 Å². The van der Waals surface area contributed by atoms with Crippen molar-refractivity contribution in [2.75, 3.05) is 0 Å². The first kappa shape index (κ1) is 6.83. The van der Waals surface area contributed by atoms with Gasteiger partial charge < -0.3 is 0 Å². The zero-order chi connectivity index (χ0) is 4.99. The van der Waals surface area contributed by atoms with Gasteiger partial charge in [0, 0.05) is 0 Å². The van der Waals surface area contributed by atoms with E-state index in [0.29, 0.717) is 0 Å². The van der Waals surface area contributed by atoms with E-state index in [-0.39, 0.29) is 0 Å². The van der Waals surface area contributed by atoms with Crippen molar-refractivity contribution in [1.82, 2.24) is 0 Å². The summed E-state index contributed by atoms with van der Waals surface area (Å²) in [5.74, 6) is 0. The van der Waals surface area contributed by atoms with Crippen LogP contribution in [0.5, 0.6) is 0 Å². The van der Waals surface area contributed by atoms with Gasteiger partial charge in [0.05, 0.1) is 0 Å². The number of hydrogen-bond donors (Lipinski definition) is 0. The summed E-state index contributed by atoms with van der Waals surface area (Å²) in [6, 6.07) is 0. The summed E-state index contributed by atoms with van der Waals surface area (Å²) in [6.07, 6.45) is 0. The van der Waals surface area contributed by atoms with Gasteiger partial charge in [-0.05, 0) is 0 Å². The van der Waals surface area contributed by atoms with E-state index < -0.39 is 13.4 Å². The van der Waals surface area contributed by atoms with Crippen molar-refractivity contribution >= 4 is 23.4 Å². The third-order valence-electron chi connectivity index (χ3n) is 0.767. The molecule has 0 aliphatic carbocycles. The van der Waals surface area contributed by atoms with E-state index in [9.17, 15) is 0 Å². The summed E-state index contributed by atoms with van der Waals surface area (Å²) in [7, 11) is 5.82. The molecular formula is C4H10ClGe. The topological polar surface area (TPSA) is 0 Å². The predicted molar refractivity (Wildman–Crippen MR) is 32.6 cm³/mol. The first-order valence-electron chi connectivity index (χ1n) is 2.31. The summed E-state index contributed by atoms with van der Waals surface area (Å²) in [5.41, 5.74) is 0. The second-order valence-electron chi connectivity index (χ2n) is 1.22. The van der Waals surface area contributed by atoms with Gasteiger partial charge in [-0.1, -0.05) is 0 Å². The van der Waals surface area contributed by atoms with Crippen LogP contribution < -0.4 is 0 Å². The molecule has 6 heavy (non-hydrogen) atoms. The molecule has 0 fully saturated rings. The molecule has 0 aromatic carbocycles. The van der Waals surface area contributed by atoms with Gasteiger partial charge in [0.1, 0.15) is 0 Å². The van der Waals surface area contributed by atoms with Crippen molar-refractivity contribution in [3.8, 4) is 0 Å². The molecule has 0 rings (SSSR count). The molecule has 0 aliphatic heterocycles. The van der Waals surface area contributed by atoms with Crippen molar-refractivity contribution in [2.45, 2.75) is 24.4 Å². The molecule has 0 bridgehead atoms. The van der Waals surface area contributed by atoms with Gasteiger partial charge in [-0.3, -0.25) is 0 Å². The number of halogens is 1. The maximum absolute atomic E-state index is 5.82. The Hall–Kier alpha value is 0.833. The minimum absolute atomic E-state index is 0.907. The second-order valence-corrected chi connectivity index (χ2v) is 9.14. The predicted octanol–water partition coefficient (Wildman–Crippen LogP) is 2.26. The average molecular weight is 166 g/mol. The fraction of sp³-hybridized carbons (Fsp3) is 1.00. The van der Waals surface area contributed by atoms with Crippen LogP contribution in [0.15, 0.2) is 0 Å². The molecule has 0 unspecified atom stereocenters. The molecule has 0 atom stereocenters. The third kappa shape index (κ3) is 3.04. The molecule has 0 heterocycles. The summed E-state index contributed by atoms with van der Waals surface area (Å²) in [6.45, 7) is 4.34. The minimum atomic E-state index is -0.907. The second kappa shape index (κ2) is 4.00. The molecule has 0 aromatic rings. The van der Waals surface area contributed by atoms with E-state index in [4.69, 9.17) is 10.0 Å². The van der Waals surface area contributed by atoms with Crippen LogP contribution in [0.1, 0.15) is 13.8 Å². The van der Waals surface area contributed by atoms with E-state index in [2.05, 4.69) is 13.8 Å². The van der Waals surface area contributed by atoms with E-state index >= 15 is 0 Å². The third-order valence-corrected chi connectivity index (χ3v) is 6.76. The Labute approximate surface area is 48.2 Å². The molecule has 1 radical (unpaired) electrons. The Balaban J connectivity index is 2.75. The molecule has 0 saturated heterocycles. The number of rotatable bonds is 2. The monoisotopic (exact) mass is 167 g/mol. The molecule has 0 nitrogen and oxygen atoms in total. The van der Waals surface area contributed by atoms with E-state index in [1.54, 1.807) is 0 Å². The molecule has 2 heteroatoms. The van der Waals surface area contributed by atoms with Gasteiger partial charge >= 0.3 is 47.8 Å². The van der Waals surface area contributed by atoms with Crippen LogP contribution in [0.25, 0.3) is 0 Å². The molecule has 0 aliphatic rings. The van der Waals surface area contributed by atoms with Crippen LogP contribution in [-0.4, -0.2) is 13.4 Å². The Morgan fingerprint density at radius 1 is 1.33 bits per heavy atom. The Morgan fingerprint density at radius 2 is 1.67 bits per heavy atom. The Kier molecular flexibility index (Phi) is 4.56. The molecule has 0 amide bonds. The first-order valence-corrected chi connectivity index (χ1v) is 8.03. The van der Waals surface area contributed by atoms with Crippen molar-refractivity contribution in [1.29, 1.82) is 0 Å². The molecule has 0 aromatic heterocycles. The summed E-state index contributed by atoms with van der Waals surface area (Å²) in [4.78, 5) is 0. The Bertz CT molecular complexity index is 26.7. The zero-order valence-electron chi connectivity index (χ0n) is 4.29. The molecular weight excluding hydrogens is 156 g/mol. The van der Waals surface area contributed by atoms with Crippen LogP contribution in [0.4, 0.5) is 0 Å². The average Bonchev–Trinajstić information content (AvgIpc) is 1.65. The fourth-order valence-corrected chi connectivity index (χ4v) is 1.30. The van der Waals surface area contributed by atoms with Crippen molar-refractivity contribution in [3.05, 3.63) is 0 Å². The molecule has 0 spiro atoms. The normalized spacial score (nSPS) is 10.0. The van der Waals surface area contributed by atoms with Gasteiger partial charge in [0.25, 0.3) is 0 Å². The molecule has 37 valence electrons. The van der Waals surface area contributed by atoms with Gasteiger partial charge in [0.2, 0.25) is 0 Å². The summed E-state index contributed by atoms with van der Waals surface area (Å²) >= 11 is -0.907. The fourth-order valence-electron chi connectivity index (χ4n) is 0.250. The Morgan fingerprint density at radius 3 is 1.67 bits per heavy atom. The quantitative estimate of drug-likeness (QED) is 0.552. The van der Waals surface area contributed by atoms with E-state index in [1.165, 1.54) is 10.5 Å². The number of hydrogen-bond acceptors (Lipinski definition) is 0. The van der Waals surface area contributed by atoms with Gasteiger partial charge in [-0.25, -0.2) is 0 Å². The van der Waals surface area contributed by atoms with Crippen LogP contribution in [-0.2, 0) is 0 Å². The van der Waals surface area contributed by atoms with Crippen LogP contribution >= 0.6 is 10.0 Å². The first-order chi connectivity index (χ1) is 2.81. The summed E-state index contributed by atoms with van der Waals surface area (Å²) < 4.78 is 0. The van der Waals surface area contributed by atoms with Gasteiger partial charge in [-0.15, -0.1) is 0 Å². The van der Waals surface area contributed by atoms with Crippen molar-refractivity contribution < 1.29 is 0 Å². The van der Waals surface area contributed by atoms with Crippen molar-refractivity contribution in [3.63, 3.8) is 0 Å². The van der Waals surface area contributed by atoms with Crippen LogP contribution in [0, 0.1) is 0 Å². The van der Waals surface area contributed by atoms with Gasteiger partial charge in [0.15, 0.2) is 0 Å². The van der Waals surface area contributed by atoms with Gasteiger partial charge in [-0.2, -0.15) is 0 Å². The van der Waals surface area contributed by atoms with Crippen molar-refractivity contribution in [2.24, 2.45) is 0 Å². The van der Waals surface area contributed by atoms with E-state index in [1.807, 2.05) is 0 Å². The SMILES string of the molecule is C[CH2][Ge]([Cl])[CH2]C.